The summed E-state index contributed by atoms with van der Waals surface area (Å²) in [6.45, 7) is 0. The van der Waals surface area contributed by atoms with Crippen LogP contribution >= 0.6 is 0 Å². The molecule has 0 radical (unpaired) electrons. The first-order valence-electron chi connectivity index (χ1n) is 3.35. The van der Waals surface area contributed by atoms with Gasteiger partial charge in [-0.25, -0.2) is 0 Å². The third kappa shape index (κ3) is 5.93. The summed E-state index contributed by atoms with van der Waals surface area (Å²) in [6, 6.07) is 0. The Labute approximate surface area is 83.5 Å². The lowest BCUT2D eigenvalue weighted by Crippen LogP contribution is -2.08. The number of hydrogen-bond donors (Lipinski definition) is 0. The Morgan fingerprint density at radius 3 is 1.36 bits per heavy atom. The normalized spacial score (nSPS) is 11.9. The van der Waals surface area contributed by atoms with E-state index in [2.05, 4.69) is 20.2 Å². The Morgan fingerprint density at radius 1 is 0.857 bits per heavy atom. The average Bonchev–Trinajstić information content (AvgIpc) is 2.13. The molecule has 0 spiro atoms. The van der Waals surface area contributed by atoms with Gasteiger partial charge in [-0.2, -0.15) is 16.8 Å². The summed E-state index contributed by atoms with van der Waals surface area (Å²) in [5, 5.41) is 0. The van der Waals surface area contributed by atoms with Gasteiger partial charge in [0.1, 0.15) is 11.5 Å². The van der Waals surface area contributed by atoms with Gasteiger partial charge in [-0.1, -0.05) is 11.8 Å². The first-order valence-corrected chi connectivity index (χ1v) is 6.51. The second-order valence-electron chi connectivity index (χ2n) is 2.09. The highest BCUT2D eigenvalue weighted by Gasteiger charge is 2.06. The summed E-state index contributed by atoms with van der Waals surface area (Å²) < 4.78 is 50.9. The van der Waals surface area contributed by atoms with Crippen molar-refractivity contribution in [3.8, 4) is 11.8 Å². The highest BCUT2D eigenvalue weighted by atomic mass is 32.2. The Kier molecular flexibility index (Phi) is 5.07. The van der Waals surface area contributed by atoms with Crippen LogP contribution in [0.15, 0.2) is 0 Å². The second-order valence-corrected chi connectivity index (χ2v) is 5.57. The van der Waals surface area contributed by atoms with Crippen LogP contribution in [0.4, 0.5) is 0 Å². The van der Waals surface area contributed by atoms with Gasteiger partial charge in [0.2, 0.25) is 0 Å². The Balaban J connectivity index is 4.25. The lowest BCUT2D eigenvalue weighted by molar-refractivity contribution is 0.399. The summed E-state index contributed by atoms with van der Waals surface area (Å²) in [5.41, 5.74) is 0. The van der Waals surface area contributed by atoms with Crippen molar-refractivity contribution in [3.63, 3.8) is 0 Å². The van der Waals surface area contributed by atoms with Crippen LogP contribution in [0, 0.1) is 11.8 Å². The van der Waals surface area contributed by atoms with E-state index < -0.39 is 31.7 Å². The van der Waals surface area contributed by atoms with Crippen LogP contribution < -0.4 is 0 Å². The van der Waals surface area contributed by atoms with Crippen molar-refractivity contribution in [2.24, 2.45) is 0 Å². The smallest absolute Gasteiger partial charge is 0.273 e. The van der Waals surface area contributed by atoms with Gasteiger partial charge in [0.15, 0.2) is 0 Å². The fourth-order valence-corrected chi connectivity index (χ4v) is 1.19. The molecule has 0 aliphatic heterocycles. The largest absolute Gasteiger partial charge is 0.278 e. The Hall–Kier alpha value is -0.620. The minimum Gasteiger partial charge on any atom is -0.273 e. The summed E-state index contributed by atoms with van der Waals surface area (Å²) in [5.74, 6) is 3.21. The van der Waals surface area contributed by atoms with Crippen LogP contribution in [0.5, 0.6) is 0 Å². The molecular formula is C6H10O6S2. The summed E-state index contributed by atoms with van der Waals surface area (Å²) in [6.07, 6.45) is 0. The van der Waals surface area contributed by atoms with E-state index in [0.717, 1.165) is 14.2 Å². The number of rotatable bonds is 4. The predicted molar refractivity (Wildman–Crippen MR) is 49.4 cm³/mol. The Morgan fingerprint density at radius 2 is 1.14 bits per heavy atom. The van der Waals surface area contributed by atoms with E-state index in [4.69, 9.17) is 0 Å². The van der Waals surface area contributed by atoms with Gasteiger partial charge in [-0.3, -0.25) is 8.37 Å². The quantitative estimate of drug-likeness (QED) is 0.461. The SMILES string of the molecule is COS(=O)(=O)CC#CCS(=O)(=O)OC. The maximum atomic E-state index is 10.7. The third-order valence-electron chi connectivity index (χ3n) is 1.13. The van der Waals surface area contributed by atoms with E-state index >= 15 is 0 Å². The zero-order valence-corrected chi connectivity index (χ0v) is 9.31. The molecule has 0 fully saturated rings. The average molecular weight is 242 g/mol. The van der Waals surface area contributed by atoms with Gasteiger partial charge in [0.05, 0.1) is 14.2 Å². The molecule has 0 saturated heterocycles. The van der Waals surface area contributed by atoms with Crippen molar-refractivity contribution in [2.75, 3.05) is 25.7 Å². The van der Waals surface area contributed by atoms with Gasteiger partial charge >= 0.3 is 0 Å². The molecule has 0 aliphatic rings. The Bertz CT molecular complexity index is 381. The molecule has 8 heteroatoms. The zero-order chi connectivity index (χ0) is 11.2. The molecule has 0 unspecified atom stereocenters. The molecule has 0 rings (SSSR count). The molecular weight excluding hydrogens is 232 g/mol. The minimum absolute atomic E-state index is 0.539. The molecule has 0 bridgehead atoms. The molecule has 0 N–H and O–H groups in total. The fraction of sp³-hybridized carbons (Fsp3) is 0.667. The van der Waals surface area contributed by atoms with Crippen LogP contribution in [-0.4, -0.2) is 42.6 Å². The molecule has 82 valence electrons. The second kappa shape index (κ2) is 5.31. The standard InChI is InChI=1S/C6H10O6S2/c1-11-13(7,8)5-3-4-6-14(9,10)12-2/h5-6H2,1-2H3. The van der Waals surface area contributed by atoms with Crippen molar-refractivity contribution in [1.82, 2.24) is 0 Å². The van der Waals surface area contributed by atoms with Gasteiger partial charge in [0.25, 0.3) is 20.2 Å². The molecule has 0 saturated carbocycles. The minimum atomic E-state index is -3.65. The molecule has 0 atom stereocenters. The molecule has 0 heterocycles. The maximum absolute atomic E-state index is 10.7. The van der Waals surface area contributed by atoms with E-state index in [1.807, 2.05) is 0 Å². The molecule has 0 amide bonds. The van der Waals surface area contributed by atoms with Crippen molar-refractivity contribution < 1.29 is 25.2 Å². The lowest BCUT2D eigenvalue weighted by atomic mass is 10.7. The van der Waals surface area contributed by atoms with Gasteiger partial charge < -0.3 is 0 Å². The highest BCUT2D eigenvalue weighted by molar-refractivity contribution is 7.87. The van der Waals surface area contributed by atoms with Gasteiger partial charge in [0, 0.05) is 0 Å². The van der Waals surface area contributed by atoms with Gasteiger partial charge in [-0.15, -0.1) is 0 Å². The maximum Gasteiger partial charge on any atom is 0.278 e. The van der Waals surface area contributed by atoms with E-state index in [0.29, 0.717) is 0 Å². The number of hydrogen-bond acceptors (Lipinski definition) is 6. The van der Waals surface area contributed by atoms with Crippen molar-refractivity contribution in [2.45, 2.75) is 0 Å². The monoisotopic (exact) mass is 242 g/mol. The molecule has 6 nitrogen and oxygen atoms in total. The first kappa shape index (κ1) is 13.4. The predicted octanol–water partition coefficient (Wildman–Crippen LogP) is -1.06. The van der Waals surface area contributed by atoms with Crippen molar-refractivity contribution >= 4 is 20.2 Å². The molecule has 0 aromatic carbocycles. The topological polar surface area (TPSA) is 86.7 Å². The van der Waals surface area contributed by atoms with Crippen molar-refractivity contribution in [3.05, 3.63) is 0 Å². The lowest BCUT2D eigenvalue weighted by Gasteiger charge is -1.93. The molecule has 0 aromatic heterocycles. The first-order chi connectivity index (χ1) is 6.33. The van der Waals surface area contributed by atoms with Crippen LogP contribution in [0.25, 0.3) is 0 Å². The summed E-state index contributed by atoms with van der Waals surface area (Å²) in [7, 11) is -5.30. The van der Waals surface area contributed by atoms with Crippen LogP contribution in [0.2, 0.25) is 0 Å². The van der Waals surface area contributed by atoms with E-state index in [9.17, 15) is 16.8 Å². The molecule has 0 aliphatic carbocycles. The summed E-state index contributed by atoms with van der Waals surface area (Å²) in [4.78, 5) is 0. The van der Waals surface area contributed by atoms with E-state index in [1.165, 1.54) is 0 Å². The van der Waals surface area contributed by atoms with Gasteiger partial charge in [-0.05, 0) is 0 Å². The van der Waals surface area contributed by atoms with Crippen LogP contribution in [0.3, 0.4) is 0 Å². The molecule has 0 aromatic rings. The fourth-order valence-electron chi connectivity index (χ4n) is 0.397. The van der Waals surface area contributed by atoms with E-state index in [-0.39, 0.29) is 0 Å². The highest BCUT2D eigenvalue weighted by Crippen LogP contribution is 1.89. The molecule has 14 heavy (non-hydrogen) atoms. The van der Waals surface area contributed by atoms with E-state index in [1.54, 1.807) is 0 Å². The zero-order valence-electron chi connectivity index (χ0n) is 7.68. The van der Waals surface area contributed by atoms with Crippen molar-refractivity contribution in [1.29, 1.82) is 0 Å². The summed E-state index contributed by atoms with van der Waals surface area (Å²) >= 11 is 0. The third-order valence-corrected chi connectivity index (χ3v) is 3.14. The van der Waals surface area contributed by atoms with Crippen LogP contribution in [-0.2, 0) is 28.6 Å². The van der Waals surface area contributed by atoms with Crippen LogP contribution in [0.1, 0.15) is 0 Å².